The van der Waals surface area contributed by atoms with Crippen LogP contribution in [0.2, 0.25) is 0 Å². The zero-order valence-electron chi connectivity index (χ0n) is 10.2. The van der Waals surface area contributed by atoms with Crippen molar-refractivity contribution >= 4 is 11.9 Å². The molecular weight excluding hydrogens is 248 g/mol. The maximum absolute atomic E-state index is 11.1. The van der Waals surface area contributed by atoms with Gasteiger partial charge in [-0.1, -0.05) is 13.0 Å². The Morgan fingerprint density at radius 3 is 2.58 bits per heavy atom. The lowest BCUT2D eigenvalue weighted by Crippen LogP contribution is -2.06. The minimum absolute atomic E-state index is 0.128. The highest BCUT2D eigenvalue weighted by atomic mass is 16.4. The minimum Gasteiger partial charge on any atom is -0.478 e. The fraction of sp³-hybridized carbons (Fsp3) is 0.154. The van der Waals surface area contributed by atoms with Crippen molar-refractivity contribution in [3.8, 4) is 5.69 Å². The number of hydrogen-bond donors (Lipinski definition) is 2. The van der Waals surface area contributed by atoms with Gasteiger partial charge in [0.25, 0.3) is 0 Å². The SMILES string of the molecule is CCc1c(C(=O)O)cnn1-c1cccc(C(=O)O)c1. The van der Waals surface area contributed by atoms with E-state index in [-0.39, 0.29) is 11.1 Å². The summed E-state index contributed by atoms with van der Waals surface area (Å²) in [6, 6.07) is 6.21. The lowest BCUT2D eigenvalue weighted by atomic mass is 10.1. The summed E-state index contributed by atoms with van der Waals surface area (Å²) in [5.41, 5.74) is 1.33. The summed E-state index contributed by atoms with van der Waals surface area (Å²) in [6.45, 7) is 1.82. The number of carboxylic acids is 2. The molecule has 1 aromatic carbocycles. The standard InChI is InChI=1S/C13H12N2O4/c1-2-11-10(13(18)19)7-14-15(11)9-5-3-4-8(6-9)12(16)17/h3-7H,2H2,1H3,(H,16,17)(H,18,19). The number of hydrogen-bond acceptors (Lipinski definition) is 3. The molecule has 19 heavy (non-hydrogen) atoms. The predicted octanol–water partition coefficient (Wildman–Crippen LogP) is 1.83. The van der Waals surface area contributed by atoms with Gasteiger partial charge in [0.2, 0.25) is 0 Å². The number of rotatable bonds is 4. The molecule has 6 nitrogen and oxygen atoms in total. The van der Waals surface area contributed by atoms with Crippen molar-refractivity contribution < 1.29 is 19.8 Å². The number of carboxylic acid groups (broad SMARTS) is 2. The van der Waals surface area contributed by atoms with Crippen LogP contribution in [0.4, 0.5) is 0 Å². The molecule has 0 radical (unpaired) electrons. The Bertz CT molecular complexity index is 646. The number of aromatic carboxylic acids is 2. The molecule has 0 unspecified atom stereocenters. The third-order valence-electron chi connectivity index (χ3n) is 2.77. The first-order valence-corrected chi connectivity index (χ1v) is 5.68. The Kier molecular flexibility index (Phi) is 3.33. The summed E-state index contributed by atoms with van der Waals surface area (Å²) in [7, 11) is 0. The van der Waals surface area contributed by atoms with Crippen LogP contribution in [0.3, 0.4) is 0 Å². The molecule has 0 fully saturated rings. The highest BCUT2D eigenvalue weighted by Gasteiger charge is 2.16. The second kappa shape index (κ2) is 4.93. The molecule has 0 amide bonds. The lowest BCUT2D eigenvalue weighted by Gasteiger charge is -2.07. The first kappa shape index (κ1) is 12.8. The van der Waals surface area contributed by atoms with Crippen LogP contribution in [-0.4, -0.2) is 31.9 Å². The van der Waals surface area contributed by atoms with Gasteiger partial charge in [-0.3, -0.25) is 0 Å². The molecule has 1 aromatic heterocycles. The van der Waals surface area contributed by atoms with E-state index in [4.69, 9.17) is 10.2 Å². The quantitative estimate of drug-likeness (QED) is 0.874. The second-order valence-electron chi connectivity index (χ2n) is 3.93. The molecule has 0 saturated carbocycles. The van der Waals surface area contributed by atoms with Gasteiger partial charge in [-0.15, -0.1) is 0 Å². The second-order valence-corrected chi connectivity index (χ2v) is 3.93. The van der Waals surface area contributed by atoms with E-state index >= 15 is 0 Å². The van der Waals surface area contributed by atoms with Crippen molar-refractivity contribution in [1.29, 1.82) is 0 Å². The Morgan fingerprint density at radius 2 is 2.00 bits per heavy atom. The largest absolute Gasteiger partial charge is 0.478 e. The molecule has 0 aliphatic heterocycles. The van der Waals surface area contributed by atoms with Gasteiger partial charge in [0.05, 0.1) is 23.1 Å². The highest BCUT2D eigenvalue weighted by Crippen LogP contribution is 2.17. The number of aromatic nitrogens is 2. The third-order valence-corrected chi connectivity index (χ3v) is 2.77. The third kappa shape index (κ3) is 2.33. The maximum Gasteiger partial charge on any atom is 0.339 e. The average Bonchev–Trinajstić information content (AvgIpc) is 2.82. The molecule has 6 heteroatoms. The summed E-state index contributed by atoms with van der Waals surface area (Å²) >= 11 is 0. The van der Waals surface area contributed by atoms with Crippen molar-refractivity contribution in [3.05, 3.63) is 47.3 Å². The van der Waals surface area contributed by atoms with E-state index < -0.39 is 11.9 Å². The summed E-state index contributed by atoms with van der Waals surface area (Å²) in [4.78, 5) is 22.0. The molecule has 2 rings (SSSR count). The molecule has 0 aliphatic rings. The van der Waals surface area contributed by atoms with Crippen molar-refractivity contribution in [2.24, 2.45) is 0 Å². The number of nitrogens with zero attached hydrogens (tertiary/aromatic N) is 2. The van der Waals surface area contributed by atoms with E-state index in [2.05, 4.69) is 5.10 Å². The van der Waals surface area contributed by atoms with Crippen LogP contribution in [0.25, 0.3) is 5.69 Å². The van der Waals surface area contributed by atoms with E-state index in [9.17, 15) is 9.59 Å². The van der Waals surface area contributed by atoms with E-state index in [1.54, 1.807) is 12.1 Å². The first-order chi connectivity index (χ1) is 9.04. The van der Waals surface area contributed by atoms with E-state index in [1.807, 2.05) is 6.92 Å². The smallest absolute Gasteiger partial charge is 0.339 e. The van der Waals surface area contributed by atoms with Crippen molar-refractivity contribution in [1.82, 2.24) is 9.78 Å². The Morgan fingerprint density at radius 1 is 1.26 bits per heavy atom. The summed E-state index contributed by atoms with van der Waals surface area (Å²) in [5, 5.41) is 22.0. The topological polar surface area (TPSA) is 92.4 Å². The molecule has 0 atom stereocenters. The van der Waals surface area contributed by atoms with Gasteiger partial charge >= 0.3 is 11.9 Å². The van der Waals surface area contributed by atoms with Crippen LogP contribution in [0.15, 0.2) is 30.5 Å². The van der Waals surface area contributed by atoms with Crippen molar-refractivity contribution in [2.75, 3.05) is 0 Å². The zero-order chi connectivity index (χ0) is 14.0. The number of benzene rings is 1. The van der Waals surface area contributed by atoms with Gasteiger partial charge in [0.1, 0.15) is 5.56 Å². The van der Waals surface area contributed by atoms with Gasteiger partial charge in [-0.25, -0.2) is 14.3 Å². The average molecular weight is 260 g/mol. The molecule has 2 N–H and O–H groups in total. The van der Waals surface area contributed by atoms with Crippen LogP contribution < -0.4 is 0 Å². The summed E-state index contributed by atoms with van der Waals surface area (Å²) in [5.74, 6) is -2.08. The van der Waals surface area contributed by atoms with E-state index in [0.29, 0.717) is 17.8 Å². The molecular formula is C13H12N2O4. The maximum atomic E-state index is 11.1. The minimum atomic E-state index is -1.04. The Balaban J connectivity index is 2.56. The van der Waals surface area contributed by atoms with Gasteiger partial charge < -0.3 is 10.2 Å². The zero-order valence-corrected chi connectivity index (χ0v) is 10.2. The highest BCUT2D eigenvalue weighted by molar-refractivity contribution is 5.89. The predicted molar refractivity (Wildman–Crippen MR) is 66.9 cm³/mol. The molecule has 1 heterocycles. The van der Waals surface area contributed by atoms with Crippen LogP contribution in [0, 0.1) is 0 Å². The lowest BCUT2D eigenvalue weighted by molar-refractivity contribution is 0.0685. The first-order valence-electron chi connectivity index (χ1n) is 5.68. The van der Waals surface area contributed by atoms with Crippen LogP contribution >= 0.6 is 0 Å². The fourth-order valence-corrected chi connectivity index (χ4v) is 1.89. The Hall–Kier alpha value is -2.63. The Labute approximate surface area is 108 Å². The summed E-state index contributed by atoms with van der Waals surface area (Å²) in [6.07, 6.45) is 1.76. The van der Waals surface area contributed by atoms with Gasteiger partial charge in [-0.05, 0) is 24.6 Å². The van der Waals surface area contributed by atoms with Crippen molar-refractivity contribution in [2.45, 2.75) is 13.3 Å². The molecule has 2 aromatic rings. The monoisotopic (exact) mass is 260 g/mol. The van der Waals surface area contributed by atoms with Crippen LogP contribution in [-0.2, 0) is 6.42 Å². The van der Waals surface area contributed by atoms with Crippen LogP contribution in [0.1, 0.15) is 33.3 Å². The molecule has 98 valence electrons. The van der Waals surface area contributed by atoms with E-state index in [1.165, 1.54) is 23.0 Å². The molecule has 0 saturated heterocycles. The van der Waals surface area contributed by atoms with Gasteiger partial charge in [0, 0.05) is 0 Å². The van der Waals surface area contributed by atoms with Gasteiger partial charge in [0.15, 0.2) is 0 Å². The molecule has 0 bridgehead atoms. The molecule has 0 aliphatic carbocycles. The van der Waals surface area contributed by atoms with Gasteiger partial charge in [-0.2, -0.15) is 5.10 Å². The normalized spacial score (nSPS) is 10.4. The summed E-state index contributed by atoms with van der Waals surface area (Å²) < 4.78 is 1.45. The van der Waals surface area contributed by atoms with Crippen LogP contribution in [0.5, 0.6) is 0 Å². The van der Waals surface area contributed by atoms with E-state index in [0.717, 1.165) is 0 Å². The fourth-order valence-electron chi connectivity index (χ4n) is 1.89. The molecule has 0 spiro atoms. The number of carbonyl (C=O) groups is 2. The van der Waals surface area contributed by atoms with Crippen molar-refractivity contribution in [3.63, 3.8) is 0 Å².